The molecule has 13 heteroatoms. The van der Waals surface area contributed by atoms with Crippen molar-refractivity contribution in [1.29, 1.82) is 0 Å². The molecule has 1 saturated carbocycles. The Kier molecular flexibility index (Phi) is 8.89. The van der Waals surface area contributed by atoms with Crippen LogP contribution in [0.3, 0.4) is 0 Å². The zero-order valence-corrected chi connectivity index (χ0v) is 32.4. The summed E-state index contributed by atoms with van der Waals surface area (Å²) < 4.78 is 37.1. The van der Waals surface area contributed by atoms with Crippen molar-refractivity contribution >= 4 is 27.6 Å². The highest BCUT2D eigenvalue weighted by Gasteiger charge is 2.41. The van der Waals surface area contributed by atoms with Crippen molar-refractivity contribution in [2.45, 2.75) is 96.6 Å². The van der Waals surface area contributed by atoms with E-state index in [9.17, 15) is 0 Å². The molecule has 3 atom stereocenters. The fraction of sp³-hybridized carbons (Fsp3) is 0.465. The minimum Gasteiger partial charge on any atom is -0.486 e. The van der Waals surface area contributed by atoms with Gasteiger partial charge < -0.3 is 24.4 Å². The first-order valence-electron chi connectivity index (χ1n) is 20.2. The molecule has 3 aromatic carbocycles. The zero-order valence-electron chi connectivity index (χ0n) is 32.4. The van der Waals surface area contributed by atoms with Gasteiger partial charge in [-0.05, 0) is 73.8 Å². The lowest BCUT2D eigenvalue weighted by Crippen LogP contribution is -2.44. The van der Waals surface area contributed by atoms with Gasteiger partial charge in [0, 0.05) is 65.5 Å². The van der Waals surface area contributed by atoms with Crippen molar-refractivity contribution in [3.63, 3.8) is 0 Å². The predicted molar refractivity (Wildman–Crippen MR) is 213 cm³/mol. The molecule has 6 heterocycles. The van der Waals surface area contributed by atoms with Crippen LogP contribution < -0.4 is 19.7 Å². The first-order chi connectivity index (χ1) is 27.3. The standard InChI is InChI=1S/C43H48FN9O3/c1-23(2)25(4)53-21-37(50-51-53)28-7-5-26(6-8-28)22-55-41-39(38-24(3)35(44)17-36-34(38)19-46-49-36)32(27-9-10-27)16-33-40(41)47-43(56-31-11-13-54-14-12-31)48-42(33)52-20-29-15-30(52)18-45-29/h5-8,16-17,19,21,23,25,27,29-31,45H,9-15,18,20,22H2,1-4H3,(H,46,49). The highest BCUT2D eigenvalue weighted by atomic mass is 19.1. The smallest absolute Gasteiger partial charge is 0.319 e. The van der Waals surface area contributed by atoms with Crippen LogP contribution >= 0.6 is 0 Å². The lowest BCUT2D eigenvalue weighted by molar-refractivity contribution is 0.0219. The summed E-state index contributed by atoms with van der Waals surface area (Å²) in [6, 6.07) is 13.4. The lowest BCUT2D eigenvalue weighted by Gasteiger charge is -2.31. The maximum atomic E-state index is 15.9. The van der Waals surface area contributed by atoms with E-state index in [2.05, 4.69) is 81.8 Å². The lowest BCUT2D eigenvalue weighted by atomic mass is 9.88. The summed E-state index contributed by atoms with van der Waals surface area (Å²) in [7, 11) is 0. The molecule has 10 rings (SSSR count). The number of nitrogens with one attached hydrogen (secondary N) is 2. The van der Waals surface area contributed by atoms with E-state index in [0.29, 0.717) is 65.5 Å². The molecule has 6 aromatic rings. The van der Waals surface area contributed by atoms with Crippen LogP contribution in [0.1, 0.15) is 81.5 Å². The van der Waals surface area contributed by atoms with Gasteiger partial charge in [-0.2, -0.15) is 15.1 Å². The third kappa shape index (κ3) is 6.34. The van der Waals surface area contributed by atoms with E-state index in [0.717, 1.165) is 95.3 Å². The maximum Gasteiger partial charge on any atom is 0.319 e. The molecule has 1 aliphatic carbocycles. The van der Waals surface area contributed by atoms with Crippen LogP contribution in [0.2, 0.25) is 0 Å². The molecule has 2 bridgehead atoms. The Morgan fingerprint density at radius 1 is 1.00 bits per heavy atom. The van der Waals surface area contributed by atoms with Gasteiger partial charge in [-0.3, -0.25) is 5.10 Å². The van der Waals surface area contributed by atoms with Gasteiger partial charge in [0.25, 0.3) is 0 Å². The molecule has 3 aliphatic heterocycles. The number of fused-ring (bicyclic) bond motifs is 4. The van der Waals surface area contributed by atoms with Crippen LogP contribution in [0.25, 0.3) is 44.2 Å². The fourth-order valence-corrected chi connectivity index (χ4v) is 8.69. The molecule has 3 unspecified atom stereocenters. The van der Waals surface area contributed by atoms with Crippen LogP contribution in [0.4, 0.5) is 10.2 Å². The van der Waals surface area contributed by atoms with Crippen LogP contribution in [0.5, 0.6) is 11.8 Å². The second kappa shape index (κ2) is 14.1. The normalized spacial score (nSPS) is 20.5. The first-order valence-corrected chi connectivity index (χ1v) is 20.2. The van der Waals surface area contributed by atoms with Gasteiger partial charge in [0.1, 0.15) is 35.6 Å². The van der Waals surface area contributed by atoms with Gasteiger partial charge in [0.2, 0.25) is 0 Å². The van der Waals surface area contributed by atoms with Crippen molar-refractivity contribution < 1.29 is 18.6 Å². The zero-order chi connectivity index (χ0) is 38.1. The van der Waals surface area contributed by atoms with Crippen LogP contribution in [0, 0.1) is 18.7 Å². The molecule has 0 amide bonds. The van der Waals surface area contributed by atoms with Gasteiger partial charge in [0.15, 0.2) is 5.75 Å². The van der Waals surface area contributed by atoms with Gasteiger partial charge in [-0.25, -0.2) is 9.07 Å². The highest BCUT2D eigenvalue weighted by molar-refractivity contribution is 6.06. The Morgan fingerprint density at radius 3 is 2.55 bits per heavy atom. The largest absolute Gasteiger partial charge is 0.486 e. The number of piperazine rings is 1. The number of aromatic amines is 1. The summed E-state index contributed by atoms with van der Waals surface area (Å²) in [6.07, 6.45) is 8.45. The Hall–Kier alpha value is -5.14. The molecule has 0 spiro atoms. The molecular weight excluding hydrogens is 710 g/mol. The number of hydrogen-bond acceptors (Lipinski definition) is 10. The van der Waals surface area contributed by atoms with Crippen LogP contribution in [0.15, 0.2) is 48.8 Å². The maximum absolute atomic E-state index is 15.9. The SMILES string of the molecule is Cc1c(F)cc2[nH]ncc2c1-c1c(C2CC2)cc2c(N3CC4CC3CN4)nc(OC3CCOCC3)nc2c1OCc1ccc(-c2cn(C(C)C(C)C)nn2)cc1. The van der Waals surface area contributed by atoms with E-state index < -0.39 is 0 Å². The molecule has 4 aliphatic rings. The van der Waals surface area contributed by atoms with E-state index in [-0.39, 0.29) is 24.6 Å². The molecule has 3 saturated heterocycles. The number of rotatable bonds is 11. The fourth-order valence-electron chi connectivity index (χ4n) is 8.69. The van der Waals surface area contributed by atoms with E-state index in [1.807, 2.05) is 17.8 Å². The first kappa shape index (κ1) is 35.3. The summed E-state index contributed by atoms with van der Waals surface area (Å²) in [4.78, 5) is 12.8. The summed E-state index contributed by atoms with van der Waals surface area (Å²) >= 11 is 0. The number of anilines is 1. The van der Waals surface area contributed by atoms with Gasteiger partial charge >= 0.3 is 6.01 Å². The van der Waals surface area contributed by atoms with Crippen LogP contribution in [-0.4, -0.2) is 79.7 Å². The van der Waals surface area contributed by atoms with E-state index >= 15 is 4.39 Å². The summed E-state index contributed by atoms with van der Waals surface area (Å²) in [5, 5.41) is 21.7. The van der Waals surface area contributed by atoms with Crippen molar-refractivity contribution in [3.05, 3.63) is 71.3 Å². The molecule has 4 fully saturated rings. The van der Waals surface area contributed by atoms with E-state index in [1.54, 1.807) is 6.20 Å². The van der Waals surface area contributed by atoms with E-state index in [1.165, 1.54) is 6.07 Å². The van der Waals surface area contributed by atoms with Gasteiger partial charge in [-0.15, -0.1) is 5.10 Å². The van der Waals surface area contributed by atoms with Crippen molar-refractivity contribution in [2.75, 3.05) is 31.2 Å². The van der Waals surface area contributed by atoms with Crippen molar-refractivity contribution in [3.8, 4) is 34.1 Å². The second-order valence-corrected chi connectivity index (χ2v) is 16.5. The number of halogens is 1. The minimum atomic E-state index is -0.299. The Balaban J connectivity index is 1.13. The predicted octanol–water partition coefficient (Wildman–Crippen LogP) is 7.66. The van der Waals surface area contributed by atoms with E-state index in [4.69, 9.17) is 24.2 Å². The Morgan fingerprint density at radius 2 is 1.82 bits per heavy atom. The molecule has 290 valence electrons. The topological polar surface area (TPSA) is 128 Å². The molecule has 12 nitrogen and oxygen atoms in total. The average molecular weight is 758 g/mol. The van der Waals surface area contributed by atoms with Crippen molar-refractivity contribution in [1.82, 2.24) is 40.5 Å². The number of aromatic nitrogens is 7. The van der Waals surface area contributed by atoms with Crippen LogP contribution in [-0.2, 0) is 11.3 Å². The molecular formula is C43H48FN9O3. The third-order valence-electron chi connectivity index (χ3n) is 12.4. The summed E-state index contributed by atoms with van der Waals surface area (Å²) in [6.45, 7) is 11.7. The number of hydrogen-bond donors (Lipinski definition) is 2. The molecule has 3 aromatic heterocycles. The quantitative estimate of drug-likeness (QED) is 0.136. The second-order valence-electron chi connectivity index (χ2n) is 16.5. The highest BCUT2D eigenvalue weighted by Crippen LogP contribution is 2.53. The van der Waals surface area contributed by atoms with Gasteiger partial charge in [-0.1, -0.05) is 43.3 Å². The number of benzene rings is 3. The molecule has 56 heavy (non-hydrogen) atoms. The third-order valence-corrected chi connectivity index (χ3v) is 12.4. The summed E-state index contributed by atoms with van der Waals surface area (Å²) in [5.41, 5.74) is 7.41. The number of ether oxygens (including phenoxy) is 3. The Labute approximate surface area is 325 Å². The average Bonchev–Trinajstić information content (AvgIpc) is 3.57. The van der Waals surface area contributed by atoms with Gasteiger partial charge in [0.05, 0.1) is 37.2 Å². The molecule has 0 radical (unpaired) electrons. The number of H-pyrrole nitrogens is 1. The molecule has 2 N–H and O–H groups in total. The summed E-state index contributed by atoms with van der Waals surface area (Å²) in [5.74, 6) is 1.93. The van der Waals surface area contributed by atoms with Crippen molar-refractivity contribution in [2.24, 2.45) is 5.92 Å². The number of nitrogens with zero attached hydrogens (tertiary/aromatic N) is 7. The Bertz CT molecular complexity index is 2420. The monoisotopic (exact) mass is 757 g/mol. The minimum absolute atomic E-state index is 0.0509.